The average molecular weight is 308 g/mol. The number of nitrogens with two attached hydrogens (primary N) is 1. The Balaban J connectivity index is 1.94. The van der Waals surface area contributed by atoms with Gasteiger partial charge in [-0.2, -0.15) is 0 Å². The van der Waals surface area contributed by atoms with Crippen molar-refractivity contribution in [1.29, 1.82) is 0 Å². The van der Waals surface area contributed by atoms with Gasteiger partial charge in [-0.1, -0.05) is 0 Å². The number of benzene rings is 2. The normalized spacial score (nSPS) is 10.4. The van der Waals surface area contributed by atoms with Crippen LogP contribution in [0.5, 0.6) is 0 Å². The Hall–Kier alpha value is -2.08. The molecule has 0 spiro atoms. The third-order valence-corrected chi connectivity index (χ3v) is 3.75. The van der Waals surface area contributed by atoms with Gasteiger partial charge in [-0.25, -0.2) is 8.78 Å². The van der Waals surface area contributed by atoms with Gasteiger partial charge in [0.1, 0.15) is 11.6 Å². The molecule has 0 aromatic heterocycles. The van der Waals surface area contributed by atoms with Gasteiger partial charge >= 0.3 is 0 Å². The predicted octanol–water partition coefficient (Wildman–Crippen LogP) is 3.59. The van der Waals surface area contributed by atoms with Gasteiger partial charge in [0.15, 0.2) is 0 Å². The molecule has 0 fully saturated rings. The molecular weight excluding hydrogens is 294 g/mol. The van der Waals surface area contributed by atoms with E-state index in [0.29, 0.717) is 5.69 Å². The molecular formula is C15H14F2N2OS. The monoisotopic (exact) mass is 308 g/mol. The highest BCUT2D eigenvalue weighted by atomic mass is 32.2. The van der Waals surface area contributed by atoms with Crippen LogP contribution in [0.4, 0.5) is 20.2 Å². The van der Waals surface area contributed by atoms with Gasteiger partial charge in [-0.05, 0) is 42.8 Å². The maximum Gasteiger partial charge on any atom is 0.234 e. The Morgan fingerprint density at radius 2 is 1.86 bits per heavy atom. The van der Waals surface area contributed by atoms with E-state index in [1.807, 2.05) is 19.1 Å². The van der Waals surface area contributed by atoms with Crippen LogP contribution in [0.3, 0.4) is 0 Å². The third kappa shape index (κ3) is 4.46. The Labute approximate surface area is 125 Å². The van der Waals surface area contributed by atoms with Crippen LogP contribution in [0, 0.1) is 18.6 Å². The summed E-state index contributed by atoms with van der Waals surface area (Å²) < 4.78 is 26.0. The Morgan fingerprint density at radius 3 is 2.48 bits per heavy atom. The Morgan fingerprint density at radius 1 is 1.19 bits per heavy atom. The van der Waals surface area contributed by atoms with Crippen molar-refractivity contribution >= 4 is 29.0 Å². The maximum absolute atomic E-state index is 13.0. The Bertz CT molecular complexity index is 656. The fraction of sp³-hybridized carbons (Fsp3) is 0.133. The molecule has 2 aromatic rings. The van der Waals surface area contributed by atoms with Gasteiger partial charge < -0.3 is 11.1 Å². The average Bonchev–Trinajstić information content (AvgIpc) is 2.39. The molecule has 0 bridgehead atoms. The first-order chi connectivity index (χ1) is 9.94. The number of rotatable bonds is 4. The second kappa shape index (κ2) is 6.58. The van der Waals surface area contributed by atoms with E-state index in [9.17, 15) is 13.6 Å². The van der Waals surface area contributed by atoms with Crippen molar-refractivity contribution in [3.8, 4) is 0 Å². The lowest BCUT2D eigenvalue weighted by atomic mass is 10.2. The minimum atomic E-state index is -0.730. The number of hydrogen-bond acceptors (Lipinski definition) is 3. The molecule has 0 heterocycles. The molecule has 110 valence electrons. The molecule has 0 radical (unpaired) electrons. The fourth-order valence-electron chi connectivity index (χ4n) is 1.71. The summed E-state index contributed by atoms with van der Waals surface area (Å²) in [7, 11) is 0. The van der Waals surface area contributed by atoms with Crippen molar-refractivity contribution in [3.05, 3.63) is 53.6 Å². The minimum absolute atomic E-state index is 0.103. The summed E-state index contributed by atoms with van der Waals surface area (Å²) in [6, 6.07) is 8.37. The summed E-state index contributed by atoms with van der Waals surface area (Å²) in [6.07, 6.45) is 0. The molecule has 2 rings (SSSR count). The van der Waals surface area contributed by atoms with Crippen LogP contribution < -0.4 is 11.1 Å². The van der Waals surface area contributed by atoms with Crippen molar-refractivity contribution in [3.63, 3.8) is 0 Å². The second-order valence-corrected chi connectivity index (χ2v) is 5.56. The quantitative estimate of drug-likeness (QED) is 0.670. The van der Waals surface area contributed by atoms with Gasteiger partial charge in [0.05, 0.1) is 5.75 Å². The van der Waals surface area contributed by atoms with E-state index in [-0.39, 0.29) is 17.3 Å². The molecule has 3 N–H and O–H groups in total. The summed E-state index contributed by atoms with van der Waals surface area (Å²) in [5, 5.41) is 2.46. The molecule has 0 aliphatic carbocycles. The third-order valence-electron chi connectivity index (χ3n) is 2.76. The largest absolute Gasteiger partial charge is 0.399 e. The van der Waals surface area contributed by atoms with Gasteiger partial charge in [0, 0.05) is 22.3 Å². The summed E-state index contributed by atoms with van der Waals surface area (Å²) in [5.74, 6) is -1.65. The number of hydrogen-bond donors (Lipinski definition) is 2. The van der Waals surface area contributed by atoms with E-state index in [1.54, 1.807) is 6.07 Å². The van der Waals surface area contributed by atoms with Crippen LogP contribution >= 0.6 is 11.8 Å². The first-order valence-corrected chi connectivity index (χ1v) is 7.17. The van der Waals surface area contributed by atoms with E-state index in [1.165, 1.54) is 11.8 Å². The topological polar surface area (TPSA) is 55.1 Å². The van der Waals surface area contributed by atoms with Crippen molar-refractivity contribution in [2.24, 2.45) is 0 Å². The lowest BCUT2D eigenvalue weighted by molar-refractivity contribution is -0.113. The number of carbonyl (C=O) groups is 1. The van der Waals surface area contributed by atoms with Crippen molar-refractivity contribution in [2.45, 2.75) is 11.8 Å². The number of carbonyl (C=O) groups excluding carboxylic acids is 1. The highest BCUT2D eigenvalue weighted by molar-refractivity contribution is 8.00. The highest BCUT2D eigenvalue weighted by Gasteiger charge is 2.07. The number of nitrogens with one attached hydrogen (secondary N) is 1. The van der Waals surface area contributed by atoms with Crippen LogP contribution in [-0.4, -0.2) is 11.7 Å². The molecule has 21 heavy (non-hydrogen) atoms. The fourth-order valence-corrected chi connectivity index (χ4v) is 2.50. The molecule has 0 aliphatic rings. The van der Waals surface area contributed by atoms with Gasteiger partial charge in [0.2, 0.25) is 5.91 Å². The Kier molecular flexibility index (Phi) is 4.80. The number of halogens is 2. The van der Waals surface area contributed by atoms with Crippen molar-refractivity contribution < 1.29 is 13.6 Å². The standard InChI is InChI=1S/C15H14F2N2OS/c1-9-4-13(2-3-14(9)18)21-8-15(20)19-12-6-10(16)5-11(17)7-12/h2-7H,8,18H2,1H3,(H,19,20). The van der Waals surface area contributed by atoms with E-state index >= 15 is 0 Å². The van der Waals surface area contributed by atoms with E-state index in [4.69, 9.17) is 5.73 Å². The first-order valence-electron chi connectivity index (χ1n) is 6.19. The number of nitrogen functional groups attached to an aromatic ring is 1. The van der Waals surface area contributed by atoms with Gasteiger partial charge in [0.25, 0.3) is 0 Å². The van der Waals surface area contributed by atoms with Crippen LogP contribution in [0.15, 0.2) is 41.3 Å². The maximum atomic E-state index is 13.0. The molecule has 3 nitrogen and oxygen atoms in total. The highest BCUT2D eigenvalue weighted by Crippen LogP contribution is 2.22. The molecule has 6 heteroatoms. The van der Waals surface area contributed by atoms with E-state index < -0.39 is 11.6 Å². The smallest absolute Gasteiger partial charge is 0.234 e. The number of amides is 1. The van der Waals surface area contributed by atoms with Crippen molar-refractivity contribution in [1.82, 2.24) is 0 Å². The number of anilines is 2. The predicted molar refractivity (Wildman–Crippen MR) is 81.3 cm³/mol. The molecule has 0 atom stereocenters. The molecule has 2 aromatic carbocycles. The summed E-state index contributed by atoms with van der Waals surface area (Å²) in [4.78, 5) is 12.7. The molecule has 0 unspecified atom stereocenters. The van der Waals surface area contributed by atoms with Gasteiger partial charge in [-0.15, -0.1) is 11.8 Å². The number of aryl methyl sites for hydroxylation is 1. The van der Waals surface area contributed by atoms with Crippen LogP contribution in [0.25, 0.3) is 0 Å². The molecule has 1 amide bonds. The zero-order valence-corrected chi connectivity index (χ0v) is 12.1. The summed E-state index contributed by atoms with van der Waals surface area (Å²) in [5.41, 5.74) is 7.45. The molecule has 0 saturated heterocycles. The van der Waals surface area contributed by atoms with E-state index in [2.05, 4.69) is 5.32 Å². The number of thioether (sulfide) groups is 1. The molecule has 0 saturated carbocycles. The zero-order chi connectivity index (χ0) is 15.4. The van der Waals surface area contributed by atoms with E-state index in [0.717, 1.165) is 28.7 Å². The first kappa shape index (κ1) is 15.3. The van der Waals surface area contributed by atoms with Gasteiger partial charge in [-0.3, -0.25) is 4.79 Å². The zero-order valence-electron chi connectivity index (χ0n) is 11.3. The van der Waals surface area contributed by atoms with Crippen LogP contribution in [0.2, 0.25) is 0 Å². The second-order valence-electron chi connectivity index (χ2n) is 4.51. The summed E-state index contributed by atoms with van der Waals surface area (Å²) in [6.45, 7) is 1.88. The lowest BCUT2D eigenvalue weighted by Gasteiger charge is -2.07. The summed E-state index contributed by atoms with van der Waals surface area (Å²) >= 11 is 1.32. The molecule has 0 aliphatic heterocycles. The minimum Gasteiger partial charge on any atom is -0.399 e. The SMILES string of the molecule is Cc1cc(SCC(=O)Nc2cc(F)cc(F)c2)ccc1N. The lowest BCUT2D eigenvalue weighted by Crippen LogP contribution is -2.14. The van der Waals surface area contributed by atoms with Crippen LogP contribution in [0.1, 0.15) is 5.56 Å². The van der Waals surface area contributed by atoms with Crippen molar-refractivity contribution in [2.75, 3.05) is 16.8 Å². The van der Waals surface area contributed by atoms with Crippen LogP contribution in [-0.2, 0) is 4.79 Å².